The maximum Gasteiger partial charge on any atom is 0.280 e. The fraction of sp³-hybridized carbons (Fsp3) is 0.667. The minimum atomic E-state index is -2.55. The smallest absolute Gasteiger partial charge is 0.280 e. The zero-order valence-electron chi connectivity index (χ0n) is 10.9. The number of nitrogens with one attached hydrogen (secondary N) is 1. The minimum Gasteiger partial charge on any atom is -0.316 e. The standard InChI is InChI=1S/C12H19F2N3S/c1-8(2)6-18-7-10-16-5-9(4-15-3)11(17-10)12(13)14/h5,8,12,15H,4,6-7H2,1-3H3. The molecule has 1 rings (SSSR count). The van der Waals surface area contributed by atoms with Gasteiger partial charge in [-0.3, -0.25) is 0 Å². The van der Waals surface area contributed by atoms with E-state index in [1.807, 2.05) is 0 Å². The molecule has 0 spiro atoms. The average molecular weight is 275 g/mol. The van der Waals surface area contributed by atoms with Crippen molar-refractivity contribution in [2.45, 2.75) is 32.6 Å². The van der Waals surface area contributed by atoms with Crippen LogP contribution in [0.1, 0.15) is 37.4 Å². The summed E-state index contributed by atoms with van der Waals surface area (Å²) < 4.78 is 25.7. The Kier molecular flexibility index (Phi) is 6.49. The van der Waals surface area contributed by atoms with Crippen LogP contribution in [0, 0.1) is 5.92 Å². The molecule has 1 N–H and O–H groups in total. The largest absolute Gasteiger partial charge is 0.316 e. The molecule has 0 aliphatic heterocycles. The zero-order valence-corrected chi connectivity index (χ0v) is 11.7. The molecule has 1 aromatic rings. The van der Waals surface area contributed by atoms with Gasteiger partial charge in [-0.1, -0.05) is 13.8 Å². The van der Waals surface area contributed by atoms with E-state index in [4.69, 9.17) is 0 Å². The summed E-state index contributed by atoms with van der Waals surface area (Å²) in [5, 5.41) is 2.84. The Morgan fingerprint density at radius 2 is 2.11 bits per heavy atom. The summed E-state index contributed by atoms with van der Waals surface area (Å²) in [5.74, 6) is 2.62. The number of hydrogen-bond acceptors (Lipinski definition) is 4. The third-order valence-corrected chi connectivity index (χ3v) is 3.57. The van der Waals surface area contributed by atoms with Crippen molar-refractivity contribution >= 4 is 11.8 Å². The predicted molar refractivity (Wildman–Crippen MR) is 70.8 cm³/mol. The lowest BCUT2D eigenvalue weighted by Gasteiger charge is -2.09. The summed E-state index contributed by atoms with van der Waals surface area (Å²) in [4.78, 5) is 8.10. The highest BCUT2D eigenvalue weighted by Gasteiger charge is 2.16. The average Bonchev–Trinajstić information content (AvgIpc) is 2.30. The van der Waals surface area contributed by atoms with Crippen molar-refractivity contribution in [3.8, 4) is 0 Å². The predicted octanol–water partition coefficient (Wildman–Crippen LogP) is 3.02. The highest BCUT2D eigenvalue weighted by atomic mass is 32.2. The Morgan fingerprint density at radius 1 is 1.39 bits per heavy atom. The summed E-state index contributed by atoms with van der Waals surface area (Å²) in [7, 11) is 1.71. The molecular formula is C12H19F2N3S. The lowest BCUT2D eigenvalue weighted by molar-refractivity contribution is 0.144. The number of thioether (sulfide) groups is 1. The molecule has 0 aliphatic carbocycles. The molecule has 6 heteroatoms. The molecule has 0 fully saturated rings. The topological polar surface area (TPSA) is 37.8 Å². The van der Waals surface area contributed by atoms with Crippen molar-refractivity contribution in [3.63, 3.8) is 0 Å². The van der Waals surface area contributed by atoms with Crippen LogP contribution >= 0.6 is 11.8 Å². The van der Waals surface area contributed by atoms with Crippen LogP contribution in [-0.4, -0.2) is 22.8 Å². The van der Waals surface area contributed by atoms with E-state index >= 15 is 0 Å². The molecule has 0 saturated heterocycles. The van der Waals surface area contributed by atoms with Crippen LogP contribution in [0.2, 0.25) is 0 Å². The van der Waals surface area contributed by atoms with E-state index in [-0.39, 0.29) is 5.69 Å². The van der Waals surface area contributed by atoms with E-state index in [1.54, 1.807) is 18.8 Å². The minimum absolute atomic E-state index is 0.153. The van der Waals surface area contributed by atoms with Crippen molar-refractivity contribution in [2.24, 2.45) is 5.92 Å². The van der Waals surface area contributed by atoms with E-state index in [2.05, 4.69) is 29.1 Å². The SMILES string of the molecule is CNCc1cnc(CSCC(C)C)nc1C(F)F. The highest BCUT2D eigenvalue weighted by molar-refractivity contribution is 7.98. The first-order valence-corrected chi connectivity index (χ1v) is 7.05. The second-order valence-electron chi connectivity index (χ2n) is 4.44. The van der Waals surface area contributed by atoms with Crippen molar-refractivity contribution in [1.82, 2.24) is 15.3 Å². The molecule has 3 nitrogen and oxygen atoms in total. The van der Waals surface area contributed by atoms with Gasteiger partial charge in [-0.15, -0.1) is 0 Å². The van der Waals surface area contributed by atoms with E-state index in [0.717, 1.165) is 5.75 Å². The lowest BCUT2D eigenvalue weighted by Crippen LogP contribution is -2.11. The van der Waals surface area contributed by atoms with Gasteiger partial charge in [0.25, 0.3) is 6.43 Å². The molecule has 0 radical (unpaired) electrons. The van der Waals surface area contributed by atoms with Gasteiger partial charge in [0, 0.05) is 18.3 Å². The second kappa shape index (κ2) is 7.63. The molecule has 0 unspecified atom stereocenters. The van der Waals surface area contributed by atoms with Crippen molar-refractivity contribution < 1.29 is 8.78 Å². The van der Waals surface area contributed by atoms with Crippen molar-refractivity contribution in [3.05, 3.63) is 23.3 Å². The van der Waals surface area contributed by atoms with Crippen LogP contribution in [-0.2, 0) is 12.3 Å². The van der Waals surface area contributed by atoms with Crippen LogP contribution in [0.3, 0.4) is 0 Å². The van der Waals surface area contributed by atoms with Crippen LogP contribution in [0.5, 0.6) is 0 Å². The molecule has 0 saturated carbocycles. The molecule has 0 amide bonds. The van der Waals surface area contributed by atoms with Gasteiger partial charge in [0.05, 0.1) is 5.75 Å². The first-order valence-electron chi connectivity index (χ1n) is 5.89. The fourth-order valence-corrected chi connectivity index (χ4v) is 2.34. The van der Waals surface area contributed by atoms with Gasteiger partial charge in [-0.2, -0.15) is 11.8 Å². The second-order valence-corrected chi connectivity index (χ2v) is 5.47. The molecule has 18 heavy (non-hydrogen) atoms. The Hall–Kier alpha value is -0.750. The first kappa shape index (κ1) is 15.3. The van der Waals surface area contributed by atoms with Crippen molar-refractivity contribution in [1.29, 1.82) is 0 Å². The number of aromatic nitrogens is 2. The highest BCUT2D eigenvalue weighted by Crippen LogP contribution is 2.21. The molecule has 102 valence electrons. The summed E-state index contributed by atoms with van der Waals surface area (Å²) >= 11 is 1.67. The van der Waals surface area contributed by atoms with E-state index in [9.17, 15) is 8.78 Å². The molecule has 0 aliphatic rings. The summed E-state index contributed by atoms with van der Waals surface area (Å²) in [6.07, 6.45) is -1.05. The van der Waals surface area contributed by atoms with Gasteiger partial charge in [0.2, 0.25) is 0 Å². The van der Waals surface area contributed by atoms with Gasteiger partial charge in [-0.25, -0.2) is 18.7 Å². The normalized spacial score (nSPS) is 11.5. The third-order valence-electron chi connectivity index (χ3n) is 2.20. The maximum atomic E-state index is 12.9. The van der Waals surface area contributed by atoms with Gasteiger partial charge in [-0.05, 0) is 18.7 Å². The Bertz CT molecular complexity index is 372. The Morgan fingerprint density at radius 3 is 2.67 bits per heavy atom. The number of hydrogen-bond donors (Lipinski definition) is 1. The molecule has 1 aromatic heterocycles. The monoisotopic (exact) mass is 275 g/mol. The van der Waals surface area contributed by atoms with E-state index in [0.29, 0.717) is 29.6 Å². The molecule has 0 aromatic carbocycles. The lowest BCUT2D eigenvalue weighted by atomic mass is 10.2. The molecule has 0 bridgehead atoms. The summed E-state index contributed by atoms with van der Waals surface area (Å²) in [5.41, 5.74) is 0.310. The number of rotatable bonds is 7. The fourth-order valence-electron chi connectivity index (χ4n) is 1.43. The Balaban J connectivity index is 2.73. The van der Waals surface area contributed by atoms with E-state index in [1.165, 1.54) is 6.20 Å². The van der Waals surface area contributed by atoms with Crippen LogP contribution in [0.25, 0.3) is 0 Å². The third kappa shape index (κ3) is 4.86. The van der Waals surface area contributed by atoms with Crippen LogP contribution in [0.4, 0.5) is 8.78 Å². The van der Waals surface area contributed by atoms with Gasteiger partial charge in [0.15, 0.2) is 0 Å². The van der Waals surface area contributed by atoms with Crippen molar-refractivity contribution in [2.75, 3.05) is 12.8 Å². The Labute approximate surface area is 111 Å². The first-order chi connectivity index (χ1) is 8.54. The van der Waals surface area contributed by atoms with Crippen LogP contribution < -0.4 is 5.32 Å². The molecule has 1 heterocycles. The van der Waals surface area contributed by atoms with Gasteiger partial charge >= 0.3 is 0 Å². The van der Waals surface area contributed by atoms with Crippen LogP contribution in [0.15, 0.2) is 6.20 Å². The number of halogens is 2. The van der Waals surface area contributed by atoms with Gasteiger partial charge in [0.1, 0.15) is 11.5 Å². The molecule has 0 atom stereocenters. The van der Waals surface area contributed by atoms with E-state index < -0.39 is 6.43 Å². The maximum absolute atomic E-state index is 12.9. The zero-order chi connectivity index (χ0) is 13.5. The number of alkyl halides is 2. The summed E-state index contributed by atoms with van der Waals surface area (Å²) in [6, 6.07) is 0. The molecular weight excluding hydrogens is 256 g/mol. The number of nitrogens with zero attached hydrogens (tertiary/aromatic N) is 2. The quantitative estimate of drug-likeness (QED) is 0.830. The summed E-state index contributed by atoms with van der Waals surface area (Å²) in [6.45, 7) is 4.60. The van der Waals surface area contributed by atoms with Gasteiger partial charge < -0.3 is 5.32 Å².